The van der Waals surface area contributed by atoms with Gasteiger partial charge in [-0.3, -0.25) is 0 Å². The van der Waals surface area contributed by atoms with E-state index < -0.39 is 10.1 Å². The third kappa shape index (κ3) is 3.08. The van der Waals surface area contributed by atoms with Gasteiger partial charge in [0.2, 0.25) is 0 Å². The highest BCUT2D eigenvalue weighted by Gasteiger charge is 2.15. The molecular weight excluding hydrogens is 304 g/mol. The average Bonchev–Trinajstić information content (AvgIpc) is 2.33. The van der Waals surface area contributed by atoms with Crippen LogP contribution >= 0.6 is 15.9 Å². The lowest BCUT2D eigenvalue weighted by Crippen LogP contribution is -2.09. The molecule has 2 aromatic carbocycles. The van der Waals surface area contributed by atoms with E-state index in [4.69, 9.17) is 4.18 Å². The second-order valence-electron chi connectivity index (χ2n) is 3.30. The van der Waals surface area contributed by atoms with Crippen LogP contribution in [0.15, 0.2) is 64.0 Å². The predicted molar refractivity (Wildman–Crippen MR) is 68.4 cm³/mol. The zero-order valence-electron chi connectivity index (χ0n) is 8.71. The summed E-state index contributed by atoms with van der Waals surface area (Å²) in [5.41, 5.74) is 0. The molecule has 3 nitrogen and oxygen atoms in total. The van der Waals surface area contributed by atoms with Crippen LogP contribution in [0.1, 0.15) is 0 Å². The topological polar surface area (TPSA) is 43.4 Å². The minimum absolute atomic E-state index is 0.142. The van der Waals surface area contributed by atoms with E-state index in [0.29, 0.717) is 0 Å². The Kier molecular flexibility index (Phi) is 3.49. The Morgan fingerprint density at radius 3 is 2.06 bits per heavy atom. The van der Waals surface area contributed by atoms with Crippen LogP contribution in [0.25, 0.3) is 0 Å². The van der Waals surface area contributed by atoms with Gasteiger partial charge in [0.15, 0.2) is 0 Å². The van der Waals surface area contributed by atoms with Crippen molar-refractivity contribution in [1.82, 2.24) is 0 Å². The maximum absolute atomic E-state index is 11.9. The van der Waals surface area contributed by atoms with Crippen LogP contribution in [0, 0.1) is 0 Å². The lowest BCUT2D eigenvalue weighted by atomic mass is 10.3. The number of hydrogen-bond acceptors (Lipinski definition) is 3. The molecule has 0 amide bonds. The standard InChI is InChI=1S/C12H9BrO3S/c13-10-6-8-11(9-7-10)16-17(14,15)12-4-2-1-3-5-12/h1-9H. The second-order valence-corrected chi connectivity index (χ2v) is 5.77. The van der Waals surface area contributed by atoms with E-state index in [9.17, 15) is 8.42 Å². The first kappa shape index (κ1) is 12.1. The minimum atomic E-state index is -3.74. The Hall–Kier alpha value is -1.33. The van der Waals surface area contributed by atoms with Crippen LogP contribution in [0.2, 0.25) is 0 Å². The third-order valence-electron chi connectivity index (χ3n) is 2.05. The molecule has 88 valence electrons. The van der Waals surface area contributed by atoms with Crippen molar-refractivity contribution in [2.75, 3.05) is 0 Å². The van der Waals surface area contributed by atoms with Crippen LogP contribution in [0.3, 0.4) is 0 Å². The van der Waals surface area contributed by atoms with Crippen LogP contribution in [-0.2, 0) is 10.1 Å². The van der Waals surface area contributed by atoms with Gasteiger partial charge in [0.25, 0.3) is 0 Å². The molecule has 0 heterocycles. The Balaban J connectivity index is 2.27. The molecular formula is C12H9BrO3S. The fourth-order valence-electron chi connectivity index (χ4n) is 1.25. The van der Waals surface area contributed by atoms with Crippen molar-refractivity contribution in [3.63, 3.8) is 0 Å². The van der Waals surface area contributed by atoms with Crippen LogP contribution < -0.4 is 4.18 Å². The number of hydrogen-bond donors (Lipinski definition) is 0. The quantitative estimate of drug-likeness (QED) is 0.817. The van der Waals surface area contributed by atoms with Gasteiger partial charge in [-0.15, -0.1) is 0 Å². The smallest absolute Gasteiger partial charge is 0.339 e. The summed E-state index contributed by atoms with van der Waals surface area (Å²) >= 11 is 3.26. The molecule has 2 aromatic rings. The summed E-state index contributed by atoms with van der Waals surface area (Å²) in [6, 6.07) is 14.7. The van der Waals surface area contributed by atoms with E-state index in [0.717, 1.165) is 4.47 Å². The van der Waals surface area contributed by atoms with Crippen LogP contribution in [0.4, 0.5) is 0 Å². The van der Waals surface area contributed by atoms with E-state index in [1.807, 2.05) is 0 Å². The molecule has 0 saturated heterocycles. The monoisotopic (exact) mass is 312 g/mol. The summed E-state index contributed by atoms with van der Waals surface area (Å²) in [6.45, 7) is 0. The number of halogens is 1. The Morgan fingerprint density at radius 2 is 1.47 bits per heavy atom. The van der Waals surface area contributed by atoms with Crippen molar-refractivity contribution in [2.24, 2.45) is 0 Å². The SMILES string of the molecule is O=S(=O)(Oc1ccc(Br)cc1)c1ccccc1. The molecule has 0 atom stereocenters. The summed E-state index contributed by atoms with van der Waals surface area (Å²) in [6.07, 6.45) is 0. The highest BCUT2D eigenvalue weighted by Crippen LogP contribution is 2.20. The first-order valence-electron chi connectivity index (χ1n) is 4.83. The summed E-state index contributed by atoms with van der Waals surface area (Å²) in [5, 5.41) is 0. The molecule has 0 aliphatic heterocycles. The lowest BCUT2D eigenvalue weighted by Gasteiger charge is -2.06. The van der Waals surface area contributed by atoms with Crippen molar-refractivity contribution < 1.29 is 12.6 Å². The Bertz CT molecular complexity index is 591. The lowest BCUT2D eigenvalue weighted by molar-refractivity contribution is 0.486. The molecule has 0 fully saturated rings. The molecule has 2 rings (SSSR count). The van der Waals surface area contributed by atoms with Gasteiger partial charge in [0, 0.05) is 4.47 Å². The maximum atomic E-state index is 11.9. The van der Waals surface area contributed by atoms with E-state index >= 15 is 0 Å². The highest BCUT2D eigenvalue weighted by atomic mass is 79.9. The van der Waals surface area contributed by atoms with E-state index in [-0.39, 0.29) is 10.6 Å². The molecule has 0 radical (unpaired) electrons. The molecule has 0 aliphatic rings. The first-order chi connectivity index (χ1) is 8.08. The Labute approximate surface area is 108 Å². The summed E-state index contributed by atoms with van der Waals surface area (Å²) in [4.78, 5) is 0.142. The first-order valence-corrected chi connectivity index (χ1v) is 7.03. The van der Waals surface area contributed by atoms with Gasteiger partial charge < -0.3 is 4.18 Å². The normalized spacial score (nSPS) is 11.1. The average molecular weight is 313 g/mol. The van der Waals surface area contributed by atoms with Crippen molar-refractivity contribution in [1.29, 1.82) is 0 Å². The zero-order valence-corrected chi connectivity index (χ0v) is 11.1. The largest absolute Gasteiger partial charge is 0.379 e. The van der Waals surface area contributed by atoms with E-state index in [1.54, 1.807) is 42.5 Å². The van der Waals surface area contributed by atoms with Crippen molar-refractivity contribution in [3.05, 3.63) is 59.1 Å². The molecule has 0 N–H and O–H groups in total. The highest BCUT2D eigenvalue weighted by molar-refractivity contribution is 9.10. The third-order valence-corrected chi connectivity index (χ3v) is 3.84. The van der Waals surface area contributed by atoms with Crippen molar-refractivity contribution in [3.8, 4) is 5.75 Å². The zero-order chi connectivity index (χ0) is 12.3. The molecule has 0 bridgehead atoms. The van der Waals surface area contributed by atoms with Gasteiger partial charge in [0.05, 0.1) is 0 Å². The molecule has 0 unspecified atom stereocenters. The van der Waals surface area contributed by atoms with Gasteiger partial charge in [-0.2, -0.15) is 8.42 Å². The minimum Gasteiger partial charge on any atom is -0.379 e. The van der Waals surface area contributed by atoms with Gasteiger partial charge >= 0.3 is 10.1 Å². The fourth-order valence-corrected chi connectivity index (χ4v) is 2.47. The molecule has 0 saturated carbocycles. The molecule has 0 spiro atoms. The Morgan fingerprint density at radius 1 is 0.882 bits per heavy atom. The molecule has 0 aromatic heterocycles. The van der Waals surface area contributed by atoms with E-state index in [2.05, 4.69) is 15.9 Å². The van der Waals surface area contributed by atoms with Gasteiger partial charge in [-0.05, 0) is 36.4 Å². The van der Waals surface area contributed by atoms with Crippen LogP contribution in [-0.4, -0.2) is 8.42 Å². The molecule has 5 heteroatoms. The predicted octanol–water partition coefficient (Wildman–Crippen LogP) is 3.22. The van der Waals surface area contributed by atoms with Gasteiger partial charge in [-0.1, -0.05) is 34.1 Å². The fraction of sp³-hybridized carbons (Fsp3) is 0. The van der Waals surface area contributed by atoms with Crippen LogP contribution in [0.5, 0.6) is 5.75 Å². The number of rotatable bonds is 3. The number of benzene rings is 2. The molecule has 0 aliphatic carbocycles. The molecule has 17 heavy (non-hydrogen) atoms. The van der Waals surface area contributed by atoms with Crippen molar-refractivity contribution >= 4 is 26.0 Å². The van der Waals surface area contributed by atoms with E-state index in [1.165, 1.54) is 12.1 Å². The van der Waals surface area contributed by atoms with Gasteiger partial charge in [-0.25, -0.2) is 0 Å². The second kappa shape index (κ2) is 4.89. The summed E-state index contributed by atoms with van der Waals surface area (Å²) < 4.78 is 29.6. The maximum Gasteiger partial charge on any atom is 0.339 e. The summed E-state index contributed by atoms with van der Waals surface area (Å²) in [5.74, 6) is 0.289. The van der Waals surface area contributed by atoms with Crippen molar-refractivity contribution in [2.45, 2.75) is 4.90 Å². The summed E-state index contributed by atoms with van der Waals surface area (Å²) in [7, 11) is -3.74. The van der Waals surface area contributed by atoms with Gasteiger partial charge in [0.1, 0.15) is 10.6 Å².